The van der Waals surface area contributed by atoms with Crippen molar-refractivity contribution < 1.29 is 4.79 Å². The van der Waals surface area contributed by atoms with Gasteiger partial charge in [-0.15, -0.1) is 0 Å². The predicted molar refractivity (Wildman–Crippen MR) is 81.1 cm³/mol. The third-order valence-corrected chi connectivity index (χ3v) is 4.39. The fourth-order valence-corrected chi connectivity index (χ4v) is 3.37. The molecule has 0 saturated heterocycles. The van der Waals surface area contributed by atoms with E-state index in [1.54, 1.807) is 7.05 Å². The van der Waals surface area contributed by atoms with Gasteiger partial charge < -0.3 is 5.32 Å². The molecule has 0 radical (unpaired) electrons. The van der Waals surface area contributed by atoms with Crippen LogP contribution in [-0.4, -0.2) is 37.0 Å². The van der Waals surface area contributed by atoms with E-state index in [1.807, 2.05) is 0 Å². The van der Waals surface area contributed by atoms with E-state index in [0.29, 0.717) is 6.54 Å². The van der Waals surface area contributed by atoms with Gasteiger partial charge in [0.15, 0.2) is 0 Å². The van der Waals surface area contributed by atoms with Crippen LogP contribution in [0, 0.1) is 23.2 Å². The van der Waals surface area contributed by atoms with Crippen LogP contribution in [0.5, 0.6) is 0 Å². The van der Waals surface area contributed by atoms with Crippen molar-refractivity contribution in [3.05, 3.63) is 0 Å². The topological polar surface area (TPSA) is 56.1 Å². The summed E-state index contributed by atoms with van der Waals surface area (Å²) in [6, 6.07) is 2.73. The van der Waals surface area contributed by atoms with E-state index in [2.05, 4.69) is 30.1 Å². The second kappa shape index (κ2) is 8.97. The first-order valence-electron chi connectivity index (χ1n) is 8.00. The molecule has 0 aromatic heterocycles. The normalized spacial score (nSPS) is 26.2. The summed E-state index contributed by atoms with van der Waals surface area (Å²) < 4.78 is 0. The Balaban J connectivity index is 2.76. The Labute approximate surface area is 123 Å². The number of rotatable bonds is 7. The first-order chi connectivity index (χ1) is 9.65. The molecule has 3 unspecified atom stereocenters. The van der Waals surface area contributed by atoms with E-state index >= 15 is 0 Å². The second-order valence-electron chi connectivity index (χ2n) is 5.91. The predicted octanol–water partition coefficient (Wildman–Crippen LogP) is 2.55. The van der Waals surface area contributed by atoms with Gasteiger partial charge in [-0.1, -0.05) is 26.7 Å². The van der Waals surface area contributed by atoms with Gasteiger partial charge in [-0.25, -0.2) is 0 Å². The molecule has 1 amide bonds. The largest absolute Gasteiger partial charge is 0.358 e. The number of likely N-dealkylation sites (N-methyl/N-ethyl adjacent to an activating group) is 1. The minimum absolute atomic E-state index is 0.0488. The molecule has 4 nitrogen and oxygen atoms in total. The summed E-state index contributed by atoms with van der Waals surface area (Å²) in [6.07, 6.45) is 6.70. The van der Waals surface area contributed by atoms with Crippen LogP contribution in [0.25, 0.3) is 0 Å². The Morgan fingerprint density at radius 3 is 2.65 bits per heavy atom. The van der Waals surface area contributed by atoms with Gasteiger partial charge in [-0.3, -0.25) is 9.69 Å². The summed E-state index contributed by atoms with van der Waals surface area (Å²) in [5, 5.41) is 12.1. The number of hydrogen-bond acceptors (Lipinski definition) is 3. The number of nitriles is 1. The van der Waals surface area contributed by atoms with Gasteiger partial charge in [-0.2, -0.15) is 5.26 Å². The number of nitrogens with one attached hydrogen (secondary N) is 1. The van der Waals surface area contributed by atoms with E-state index in [9.17, 15) is 10.1 Å². The summed E-state index contributed by atoms with van der Waals surface area (Å²) in [7, 11) is 1.68. The molecule has 1 saturated carbocycles. The lowest BCUT2D eigenvalue weighted by molar-refractivity contribution is -0.122. The van der Waals surface area contributed by atoms with Crippen molar-refractivity contribution in [2.75, 3.05) is 20.1 Å². The Morgan fingerprint density at radius 2 is 2.10 bits per heavy atom. The lowest BCUT2D eigenvalue weighted by atomic mass is 9.76. The number of carbonyl (C=O) groups excluding carboxylic acids is 1. The highest BCUT2D eigenvalue weighted by Gasteiger charge is 2.34. The highest BCUT2D eigenvalue weighted by Crippen LogP contribution is 2.34. The van der Waals surface area contributed by atoms with Gasteiger partial charge >= 0.3 is 0 Å². The van der Waals surface area contributed by atoms with Gasteiger partial charge in [0.05, 0.1) is 18.5 Å². The van der Waals surface area contributed by atoms with Crippen LogP contribution in [0.15, 0.2) is 0 Å². The first-order valence-corrected chi connectivity index (χ1v) is 8.00. The van der Waals surface area contributed by atoms with Crippen molar-refractivity contribution >= 4 is 5.91 Å². The summed E-state index contributed by atoms with van der Waals surface area (Å²) in [6.45, 7) is 5.67. The monoisotopic (exact) mass is 279 g/mol. The average Bonchev–Trinajstić information content (AvgIpc) is 2.47. The molecule has 1 aliphatic rings. The molecule has 1 aliphatic carbocycles. The van der Waals surface area contributed by atoms with Crippen LogP contribution in [0.1, 0.15) is 52.4 Å². The molecule has 0 spiro atoms. The first kappa shape index (κ1) is 17.0. The van der Waals surface area contributed by atoms with Crippen LogP contribution in [0.3, 0.4) is 0 Å². The minimum Gasteiger partial charge on any atom is -0.358 e. The zero-order valence-corrected chi connectivity index (χ0v) is 13.2. The highest BCUT2D eigenvalue weighted by atomic mass is 16.1. The molecular weight excluding hydrogens is 250 g/mol. The Hall–Kier alpha value is -1.08. The van der Waals surface area contributed by atoms with E-state index < -0.39 is 0 Å². The van der Waals surface area contributed by atoms with Gasteiger partial charge in [0.2, 0.25) is 5.91 Å². The summed E-state index contributed by atoms with van der Waals surface area (Å²) in [5.74, 6) is 0.853. The van der Waals surface area contributed by atoms with Crippen LogP contribution in [0.2, 0.25) is 0 Å². The molecule has 0 bridgehead atoms. The Kier molecular flexibility index (Phi) is 7.61. The van der Waals surface area contributed by atoms with Gasteiger partial charge in [0.25, 0.3) is 0 Å². The fourth-order valence-electron chi connectivity index (χ4n) is 3.37. The lowest BCUT2D eigenvalue weighted by Crippen LogP contribution is -2.48. The van der Waals surface area contributed by atoms with Gasteiger partial charge in [-0.05, 0) is 38.1 Å². The molecule has 1 fully saturated rings. The maximum Gasteiger partial charge on any atom is 0.233 e. The summed E-state index contributed by atoms with van der Waals surface area (Å²) >= 11 is 0. The van der Waals surface area contributed by atoms with E-state index in [4.69, 9.17) is 0 Å². The molecule has 4 heteroatoms. The molecule has 1 N–H and O–H groups in total. The van der Waals surface area contributed by atoms with Crippen LogP contribution in [-0.2, 0) is 4.79 Å². The quantitative estimate of drug-likeness (QED) is 0.779. The third-order valence-electron chi connectivity index (χ3n) is 4.39. The zero-order valence-electron chi connectivity index (χ0n) is 13.2. The fraction of sp³-hybridized carbons (Fsp3) is 0.875. The van der Waals surface area contributed by atoms with Gasteiger partial charge in [0, 0.05) is 13.1 Å². The van der Waals surface area contributed by atoms with Crippen molar-refractivity contribution in [3.8, 4) is 6.07 Å². The minimum atomic E-state index is 0.0488. The second-order valence-corrected chi connectivity index (χ2v) is 5.91. The van der Waals surface area contributed by atoms with Crippen molar-refractivity contribution in [1.82, 2.24) is 10.2 Å². The molecule has 0 aromatic rings. The molecule has 0 aromatic carbocycles. The van der Waals surface area contributed by atoms with E-state index in [-0.39, 0.29) is 17.9 Å². The molecule has 0 aliphatic heterocycles. The smallest absolute Gasteiger partial charge is 0.233 e. The van der Waals surface area contributed by atoms with Crippen LogP contribution in [0.4, 0.5) is 0 Å². The number of carbonyl (C=O) groups is 1. The molecule has 114 valence electrons. The van der Waals surface area contributed by atoms with E-state index in [1.165, 1.54) is 19.3 Å². The number of nitrogens with zero attached hydrogens (tertiary/aromatic N) is 2. The number of amides is 1. The van der Waals surface area contributed by atoms with Crippen molar-refractivity contribution in [1.29, 1.82) is 5.26 Å². The zero-order chi connectivity index (χ0) is 15.0. The lowest BCUT2D eigenvalue weighted by Gasteiger charge is -2.40. The molecule has 1 rings (SSSR count). The maximum absolute atomic E-state index is 11.7. The average molecular weight is 279 g/mol. The highest BCUT2D eigenvalue weighted by molar-refractivity contribution is 5.77. The molecular formula is C16H29N3O. The summed E-state index contributed by atoms with van der Waals surface area (Å²) in [4.78, 5) is 13.9. The Morgan fingerprint density at radius 1 is 1.35 bits per heavy atom. The summed E-state index contributed by atoms with van der Waals surface area (Å²) in [5.41, 5.74) is 0. The van der Waals surface area contributed by atoms with E-state index in [0.717, 1.165) is 31.7 Å². The molecule has 3 atom stereocenters. The van der Waals surface area contributed by atoms with Crippen molar-refractivity contribution in [3.63, 3.8) is 0 Å². The molecule has 20 heavy (non-hydrogen) atoms. The molecule has 0 heterocycles. The standard InChI is InChI=1S/C16H29N3O/c1-4-6-13-7-8-14(11-17)15(10-13)19(9-5-2)12-16(20)18-3/h13-15H,4-10,12H2,1-3H3,(H,18,20). The SMILES string of the molecule is CCCC1CCC(C#N)C(N(CCC)CC(=O)NC)C1. The van der Waals surface area contributed by atoms with Crippen LogP contribution < -0.4 is 5.32 Å². The van der Waals surface area contributed by atoms with Crippen LogP contribution >= 0.6 is 0 Å². The number of hydrogen-bond donors (Lipinski definition) is 1. The maximum atomic E-state index is 11.7. The van der Waals surface area contributed by atoms with Crippen molar-refractivity contribution in [2.24, 2.45) is 11.8 Å². The third kappa shape index (κ3) is 4.79. The Bertz CT molecular complexity index is 337. The van der Waals surface area contributed by atoms with Crippen molar-refractivity contribution in [2.45, 2.75) is 58.4 Å². The van der Waals surface area contributed by atoms with Gasteiger partial charge in [0.1, 0.15) is 0 Å².